The van der Waals surface area contributed by atoms with Gasteiger partial charge in [-0.25, -0.2) is 9.97 Å². The van der Waals surface area contributed by atoms with E-state index < -0.39 is 0 Å². The molecule has 1 saturated carbocycles. The number of nitrogens with one attached hydrogen (secondary N) is 1. The molecule has 0 unspecified atom stereocenters. The fourth-order valence-corrected chi connectivity index (χ4v) is 3.73. The van der Waals surface area contributed by atoms with Crippen LogP contribution in [0.1, 0.15) is 39.0 Å². The topological polar surface area (TPSA) is 61.4 Å². The smallest absolute Gasteiger partial charge is 0.225 e. The predicted molar refractivity (Wildman–Crippen MR) is 94.9 cm³/mol. The van der Waals surface area contributed by atoms with Gasteiger partial charge in [0, 0.05) is 57.1 Å². The normalized spacial score (nSPS) is 21.5. The molecule has 1 saturated heterocycles. The first kappa shape index (κ1) is 17.1. The molecule has 2 fully saturated rings. The largest absolute Gasteiger partial charge is 0.354 e. The van der Waals surface area contributed by atoms with Crippen molar-refractivity contribution < 1.29 is 4.79 Å². The molecular weight excluding hydrogens is 302 g/mol. The van der Waals surface area contributed by atoms with Gasteiger partial charge in [-0.05, 0) is 18.9 Å². The van der Waals surface area contributed by atoms with Crippen LogP contribution in [0.4, 0.5) is 5.95 Å². The van der Waals surface area contributed by atoms with Gasteiger partial charge in [-0.3, -0.25) is 9.69 Å². The maximum absolute atomic E-state index is 12.4. The Labute approximate surface area is 144 Å². The monoisotopic (exact) mass is 331 g/mol. The Kier molecular flexibility index (Phi) is 5.66. The van der Waals surface area contributed by atoms with Gasteiger partial charge in [-0.15, -0.1) is 0 Å². The van der Waals surface area contributed by atoms with Crippen molar-refractivity contribution in [1.29, 1.82) is 0 Å². The summed E-state index contributed by atoms with van der Waals surface area (Å²) in [5, 5.41) is 3.16. The number of carbonyl (C=O) groups excluding carboxylic acids is 1. The average molecular weight is 331 g/mol. The third-order valence-electron chi connectivity index (χ3n) is 5.43. The minimum atomic E-state index is -0.137. The lowest BCUT2D eigenvalue weighted by Gasteiger charge is -2.35. The molecule has 24 heavy (non-hydrogen) atoms. The molecule has 1 aliphatic carbocycles. The van der Waals surface area contributed by atoms with Crippen LogP contribution in [0, 0.1) is 5.41 Å². The lowest BCUT2D eigenvalue weighted by molar-refractivity contribution is -0.131. The number of piperazine rings is 1. The highest BCUT2D eigenvalue weighted by Gasteiger charge is 2.34. The van der Waals surface area contributed by atoms with Gasteiger partial charge < -0.3 is 10.2 Å². The first-order valence-electron chi connectivity index (χ1n) is 9.20. The van der Waals surface area contributed by atoms with E-state index in [1.54, 1.807) is 12.4 Å². The van der Waals surface area contributed by atoms with Crippen LogP contribution in [-0.4, -0.2) is 60.0 Å². The molecule has 1 aromatic rings. The van der Waals surface area contributed by atoms with Gasteiger partial charge in [0.15, 0.2) is 0 Å². The molecule has 1 amide bonds. The number of hydrogen-bond acceptors (Lipinski definition) is 5. The lowest BCUT2D eigenvalue weighted by Crippen LogP contribution is -2.50. The Balaban J connectivity index is 1.37. The molecule has 1 aromatic heterocycles. The maximum atomic E-state index is 12.4. The molecule has 0 aromatic carbocycles. The minimum Gasteiger partial charge on any atom is -0.354 e. The van der Waals surface area contributed by atoms with Crippen molar-refractivity contribution in [2.75, 3.05) is 44.2 Å². The van der Waals surface area contributed by atoms with Crippen molar-refractivity contribution >= 4 is 11.9 Å². The summed E-state index contributed by atoms with van der Waals surface area (Å²) in [4.78, 5) is 25.7. The summed E-state index contributed by atoms with van der Waals surface area (Å²) in [6, 6.07) is 1.84. The summed E-state index contributed by atoms with van der Waals surface area (Å²) in [6.45, 7) is 7.66. The van der Waals surface area contributed by atoms with Crippen LogP contribution in [0.3, 0.4) is 0 Å². The SMILES string of the molecule is CC1(C(=O)NCCN2CCN(c3ncccn3)CC2)CCCCC1. The Hall–Kier alpha value is -1.69. The van der Waals surface area contributed by atoms with Crippen LogP contribution in [-0.2, 0) is 4.79 Å². The van der Waals surface area contributed by atoms with Crippen molar-refractivity contribution in [2.45, 2.75) is 39.0 Å². The minimum absolute atomic E-state index is 0.137. The summed E-state index contributed by atoms with van der Waals surface area (Å²) in [5.41, 5.74) is -0.137. The van der Waals surface area contributed by atoms with Crippen LogP contribution < -0.4 is 10.2 Å². The van der Waals surface area contributed by atoms with E-state index in [4.69, 9.17) is 0 Å². The zero-order chi connectivity index (χ0) is 16.8. The van der Waals surface area contributed by atoms with E-state index >= 15 is 0 Å². The van der Waals surface area contributed by atoms with E-state index in [0.29, 0.717) is 0 Å². The van der Waals surface area contributed by atoms with Gasteiger partial charge in [-0.2, -0.15) is 0 Å². The molecule has 2 heterocycles. The van der Waals surface area contributed by atoms with Crippen molar-refractivity contribution in [3.8, 4) is 0 Å². The van der Waals surface area contributed by atoms with E-state index in [-0.39, 0.29) is 11.3 Å². The van der Waals surface area contributed by atoms with Gasteiger partial charge in [-0.1, -0.05) is 26.2 Å². The van der Waals surface area contributed by atoms with Crippen molar-refractivity contribution in [1.82, 2.24) is 20.2 Å². The van der Waals surface area contributed by atoms with Gasteiger partial charge in [0.1, 0.15) is 0 Å². The molecule has 1 aliphatic heterocycles. The third kappa shape index (κ3) is 4.23. The second-order valence-corrected chi connectivity index (χ2v) is 7.25. The third-order valence-corrected chi connectivity index (χ3v) is 5.43. The summed E-state index contributed by atoms with van der Waals surface area (Å²) >= 11 is 0. The van der Waals surface area contributed by atoms with E-state index in [1.165, 1.54) is 19.3 Å². The molecule has 0 radical (unpaired) electrons. The number of nitrogens with zero attached hydrogens (tertiary/aromatic N) is 4. The number of aromatic nitrogens is 2. The first-order valence-corrected chi connectivity index (χ1v) is 9.20. The second-order valence-electron chi connectivity index (χ2n) is 7.25. The molecule has 0 atom stereocenters. The van der Waals surface area contributed by atoms with Crippen LogP contribution in [0.25, 0.3) is 0 Å². The Morgan fingerprint density at radius 3 is 2.46 bits per heavy atom. The molecule has 2 aliphatic rings. The molecule has 3 rings (SSSR count). The number of carbonyl (C=O) groups is 1. The van der Waals surface area contributed by atoms with Crippen LogP contribution in [0.5, 0.6) is 0 Å². The van der Waals surface area contributed by atoms with E-state index in [0.717, 1.165) is 58.1 Å². The fraction of sp³-hybridized carbons (Fsp3) is 0.722. The van der Waals surface area contributed by atoms with E-state index in [1.807, 2.05) is 6.07 Å². The Bertz CT molecular complexity index is 521. The number of rotatable bonds is 5. The molecule has 0 spiro atoms. The summed E-state index contributed by atoms with van der Waals surface area (Å²) in [6.07, 6.45) is 9.30. The van der Waals surface area contributed by atoms with E-state index in [9.17, 15) is 4.79 Å². The molecule has 0 bridgehead atoms. The summed E-state index contributed by atoms with van der Waals surface area (Å²) < 4.78 is 0. The summed E-state index contributed by atoms with van der Waals surface area (Å²) in [5.74, 6) is 1.06. The molecule has 6 heteroatoms. The fourth-order valence-electron chi connectivity index (χ4n) is 3.73. The second kappa shape index (κ2) is 7.92. The summed E-state index contributed by atoms with van der Waals surface area (Å²) in [7, 11) is 0. The zero-order valence-corrected chi connectivity index (χ0v) is 14.7. The standard InChI is InChI=1S/C18H29N5O/c1-18(6-3-2-4-7-18)16(24)19-10-11-22-12-14-23(15-13-22)17-20-8-5-9-21-17/h5,8-9H,2-4,6-7,10-15H2,1H3,(H,19,24). The molecule has 1 N–H and O–H groups in total. The highest BCUT2D eigenvalue weighted by molar-refractivity contribution is 5.82. The van der Waals surface area contributed by atoms with Crippen LogP contribution >= 0.6 is 0 Å². The molecular formula is C18H29N5O. The zero-order valence-electron chi connectivity index (χ0n) is 14.7. The quantitative estimate of drug-likeness (QED) is 0.889. The molecule has 6 nitrogen and oxygen atoms in total. The van der Waals surface area contributed by atoms with Crippen molar-refractivity contribution in [3.63, 3.8) is 0 Å². The van der Waals surface area contributed by atoms with Gasteiger partial charge in [0.05, 0.1) is 0 Å². The first-order chi connectivity index (χ1) is 11.7. The lowest BCUT2D eigenvalue weighted by atomic mass is 9.75. The maximum Gasteiger partial charge on any atom is 0.225 e. The van der Waals surface area contributed by atoms with Crippen molar-refractivity contribution in [3.05, 3.63) is 18.5 Å². The van der Waals surface area contributed by atoms with Gasteiger partial charge in [0.2, 0.25) is 11.9 Å². The number of amides is 1. The van der Waals surface area contributed by atoms with Crippen LogP contribution in [0.15, 0.2) is 18.5 Å². The highest BCUT2D eigenvalue weighted by Crippen LogP contribution is 2.35. The Morgan fingerprint density at radius 2 is 1.79 bits per heavy atom. The van der Waals surface area contributed by atoms with Crippen LogP contribution in [0.2, 0.25) is 0 Å². The number of hydrogen-bond donors (Lipinski definition) is 1. The number of anilines is 1. The average Bonchev–Trinajstić information content (AvgIpc) is 2.63. The van der Waals surface area contributed by atoms with Crippen molar-refractivity contribution in [2.24, 2.45) is 5.41 Å². The van der Waals surface area contributed by atoms with E-state index in [2.05, 4.69) is 32.0 Å². The highest BCUT2D eigenvalue weighted by atomic mass is 16.2. The molecule has 132 valence electrons. The Morgan fingerprint density at radius 1 is 1.12 bits per heavy atom. The van der Waals surface area contributed by atoms with Gasteiger partial charge >= 0.3 is 0 Å². The van der Waals surface area contributed by atoms with Gasteiger partial charge in [0.25, 0.3) is 0 Å². The predicted octanol–water partition coefficient (Wildman–Crippen LogP) is 1.69.